The fourth-order valence-electron chi connectivity index (χ4n) is 4.16. The molecule has 0 spiro atoms. The van der Waals surface area contributed by atoms with Gasteiger partial charge in [0.05, 0.1) is 24.5 Å². The van der Waals surface area contributed by atoms with Gasteiger partial charge in [0.15, 0.2) is 0 Å². The number of hydrogen-bond acceptors (Lipinski definition) is 4. The lowest BCUT2D eigenvalue weighted by Gasteiger charge is -2.50. The number of furan rings is 1. The second-order valence-corrected chi connectivity index (χ2v) is 7.69. The van der Waals surface area contributed by atoms with Crippen molar-refractivity contribution in [3.63, 3.8) is 0 Å². The van der Waals surface area contributed by atoms with Crippen molar-refractivity contribution in [2.75, 3.05) is 32.9 Å². The molecule has 24 heavy (non-hydrogen) atoms. The van der Waals surface area contributed by atoms with Gasteiger partial charge in [-0.25, -0.2) is 0 Å². The zero-order valence-corrected chi connectivity index (χ0v) is 14.5. The van der Waals surface area contributed by atoms with E-state index in [0.717, 1.165) is 51.5 Å². The van der Waals surface area contributed by atoms with E-state index in [2.05, 4.69) is 0 Å². The fraction of sp³-hybridized carbons (Fsp3) is 0.737. The topological polar surface area (TPSA) is 51.9 Å². The van der Waals surface area contributed by atoms with Crippen LogP contribution in [0.2, 0.25) is 0 Å². The Morgan fingerprint density at radius 1 is 1.42 bits per heavy atom. The van der Waals surface area contributed by atoms with Crippen LogP contribution in [-0.4, -0.2) is 49.8 Å². The SMILES string of the molecule is Cc1occc1C(=O)N1CC[C@H]2OCCC[C@@]2(COCC2CC2)C1. The molecule has 1 saturated carbocycles. The molecule has 1 aromatic rings. The molecule has 2 atom stereocenters. The lowest BCUT2D eigenvalue weighted by atomic mass is 9.73. The molecule has 5 heteroatoms. The molecule has 1 aliphatic carbocycles. The van der Waals surface area contributed by atoms with Gasteiger partial charge >= 0.3 is 0 Å². The fourth-order valence-corrected chi connectivity index (χ4v) is 4.16. The largest absolute Gasteiger partial charge is 0.469 e. The minimum Gasteiger partial charge on any atom is -0.469 e. The normalized spacial score (nSPS) is 30.2. The highest BCUT2D eigenvalue weighted by Gasteiger charge is 2.47. The number of amides is 1. The first-order valence-electron chi connectivity index (χ1n) is 9.21. The second-order valence-electron chi connectivity index (χ2n) is 7.69. The Hall–Kier alpha value is -1.33. The number of carbonyl (C=O) groups is 1. The van der Waals surface area contributed by atoms with Crippen LogP contribution in [0.5, 0.6) is 0 Å². The molecule has 4 rings (SSSR count). The van der Waals surface area contributed by atoms with E-state index in [0.29, 0.717) is 17.9 Å². The molecular weight excluding hydrogens is 306 g/mol. The van der Waals surface area contributed by atoms with Crippen LogP contribution in [0.1, 0.15) is 48.2 Å². The van der Waals surface area contributed by atoms with Crippen LogP contribution in [0.15, 0.2) is 16.7 Å². The molecule has 0 unspecified atom stereocenters. The smallest absolute Gasteiger partial charge is 0.257 e. The molecule has 2 saturated heterocycles. The molecule has 3 heterocycles. The first kappa shape index (κ1) is 16.2. The lowest BCUT2D eigenvalue weighted by Crippen LogP contribution is -2.58. The highest BCUT2D eigenvalue weighted by atomic mass is 16.5. The molecule has 2 aliphatic heterocycles. The summed E-state index contributed by atoms with van der Waals surface area (Å²) in [6, 6.07) is 1.78. The standard InChI is InChI=1S/C19H27NO4/c1-14-16(6-10-23-14)18(21)20-8-5-17-19(12-20,7-2-9-24-17)13-22-11-15-3-4-15/h6,10,15,17H,2-5,7-9,11-13H2,1H3/t17-,19+/m1/s1. The Labute approximate surface area is 143 Å². The average molecular weight is 333 g/mol. The maximum atomic E-state index is 12.9. The molecule has 0 N–H and O–H groups in total. The summed E-state index contributed by atoms with van der Waals surface area (Å²) in [7, 11) is 0. The van der Waals surface area contributed by atoms with E-state index in [1.54, 1.807) is 12.3 Å². The van der Waals surface area contributed by atoms with Crippen molar-refractivity contribution in [1.29, 1.82) is 0 Å². The third kappa shape index (κ3) is 3.11. The third-order valence-corrected chi connectivity index (χ3v) is 5.80. The predicted octanol–water partition coefficient (Wildman–Crippen LogP) is 3.03. The number of likely N-dealkylation sites (tertiary alicyclic amines) is 1. The number of nitrogens with zero attached hydrogens (tertiary/aromatic N) is 1. The van der Waals surface area contributed by atoms with Crippen molar-refractivity contribution >= 4 is 5.91 Å². The Balaban J connectivity index is 1.47. The first-order valence-corrected chi connectivity index (χ1v) is 9.21. The maximum absolute atomic E-state index is 12.9. The van der Waals surface area contributed by atoms with Crippen molar-refractivity contribution < 1.29 is 18.7 Å². The van der Waals surface area contributed by atoms with Gasteiger partial charge in [0, 0.05) is 31.7 Å². The molecule has 0 radical (unpaired) electrons. The average Bonchev–Trinajstić information content (AvgIpc) is 3.32. The molecule has 3 fully saturated rings. The zero-order chi connectivity index (χ0) is 16.6. The number of piperidine rings is 1. The quantitative estimate of drug-likeness (QED) is 0.831. The number of hydrogen-bond donors (Lipinski definition) is 0. The number of ether oxygens (including phenoxy) is 2. The number of aryl methyl sites for hydroxylation is 1. The molecule has 0 aromatic carbocycles. The minimum atomic E-state index is -0.0430. The summed E-state index contributed by atoms with van der Waals surface area (Å²) in [5.41, 5.74) is 0.637. The van der Waals surface area contributed by atoms with Gasteiger partial charge in [0.1, 0.15) is 5.76 Å². The van der Waals surface area contributed by atoms with Gasteiger partial charge in [0.2, 0.25) is 0 Å². The molecular formula is C19H27NO4. The van der Waals surface area contributed by atoms with Gasteiger partial charge in [-0.2, -0.15) is 0 Å². The lowest BCUT2D eigenvalue weighted by molar-refractivity contribution is -0.147. The highest BCUT2D eigenvalue weighted by molar-refractivity contribution is 5.95. The Bertz CT molecular complexity index is 594. The van der Waals surface area contributed by atoms with Crippen molar-refractivity contribution in [2.45, 2.75) is 45.1 Å². The van der Waals surface area contributed by atoms with Crippen molar-refractivity contribution in [3.05, 3.63) is 23.7 Å². The third-order valence-electron chi connectivity index (χ3n) is 5.80. The molecule has 3 aliphatic rings. The molecule has 5 nitrogen and oxygen atoms in total. The first-order chi connectivity index (χ1) is 11.7. The van der Waals surface area contributed by atoms with Crippen LogP contribution in [0, 0.1) is 18.3 Å². The summed E-state index contributed by atoms with van der Waals surface area (Å²) < 4.78 is 17.4. The Morgan fingerprint density at radius 3 is 3.04 bits per heavy atom. The van der Waals surface area contributed by atoms with Crippen molar-refractivity contribution in [2.24, 2.45) is 11.3 Å². The number of rotatable bonds is 5. The van der Waals surface area contributed by atoms with E-state index in [9.17, 15) is 4.79 Å². The van der Waals surface area contributed by atoms with Crippen LogP contribution < -0.4 is 0 Å². The maximum Gasteiger partial charge on any atom is 0.257 e. The van der Waals surface area contributed by atoms with Gasteiger partial charge in [-0.05, 0) is 51.0 Å². The summed E-state index contributed by atoms with van der Waals surface area (Å²) in [5, 5.41) is 0. The molecule has 0 bridgehead atoms. The van der Waals surface area contributed by atoms with Crippen LogP contribution in [-0.2, 0) is 9.47 Å². The van der Waals surface area contributed by atoms with Gasteiger partial charge in [-0.15, -0.1) is 0 Å². The monoisotopic (exact) mass is 333 g/mol. The Morgan fingerprint density at radius 2 is 2.29 bits per heavy atom. The summed E-state index contributed by atoms with van der Waals surface area (Å²) in [4.78, 5) is 14.9. The summed E-state index contributed by atoms with van der Waals surface area (Å²) in [6.45, 7) is 5.73. The van der Waals surface area contributed by atoms with Gasteiger partial charge in [-0.3, -0.25) is 4.79 Å². The van der Waals surface area contributed by atoms with Gasteiger partial charge < -0.3 is 18.8 Å². The summed E-state index contributed by atoms with van der Waals surface area (Å²) in [5.74, 6) is 1.53. The van der Waals surface area contributed by atoms with E-state index < -0.39 is 0 Å². The van der Waals surface area contributed by atoms with Crippen molar-refractivity contribution in [3.8, 4) is 0 Å². The minimum absolute atomic E-state index is 0.0430. The summed E-state index contributed by atoms with van der Waals surface area (Å²) in [6.07, 6.45) is 7.45. The molecule has 1 amide bonds. The van der Waals surface area contributed by atoms with Crippen molar-refractivity contribution in [1.82, 2.24) is 4.90 Å². The molecule has 1 aromatic heterocycles. The highest BCUT2D eigenvalue weighted by Crippen LogP contribution is 2.41. The summed E-state index contributed by atoms with van der Waals surface area (Å²) >= 11 is 0. The van der Waals surface area contributed by atoms with E-state index >= 15 is 0 Å². The molecule has 132 valence electrons. The van der Waals surface area contributed by atoms with Gasteiger partial charge in [-0.1, -0.05) is 0 Å². The van der Waals surface area contributed by atoms with Gasteiger partial charge in [0.25, 0.3) is 5.91 Å². The van der Waals surface area contributed by atoms with Crippen LogP contribution in [0.25, 0.3) is 0 Å². The van der Waals surface area contributed by atoms with E-state index in [1.807, 2.05) is 11.8 Å². The second kappa shape index (κ2) is 6.52. The number of carbonyl (C=O) groups excluding carboxylic acids is 1. The van der Waals surface area contributed by atoms with E-state index in [-0.39, 0.29) is 17.4 Å². The van der Waals surface area contributed by atoms with E-state index in [1.165, 1.54) is 12.8 Å². The van der Waals surface area contributed by atoms with Crippen LogP contribution in [0.4, 0.5) is 0 Å². The predicted molar refractivity (Wildman–Crippen MR) is 88.9 cm³/mol. The van der Waals surface area contributed by atoms with Crippen LogP contribution >= 0.6 is 0 Å². The zero-order valence-electron chi connectivity index (χ0n) is 14.5. The van der Waals surface area contributed by atoms with E-state index in [4.69, 9.17) is 13.9 Å². The van der Waals surface area contributed by atoms with Crippen LogP contribution in [0.3, 0.4) is 0 Å². The number of fused-ring (bicyclic) bond motifs is 1. The Kier molecular flexibility index (Phi) is 4.39.